The van der Waals surface area contributed by atoms with Crippen LogP contribution in [0.25, 0.3) is 0 Å². The van der Waals surface area contributed by atoms with Crippen molar-refractivity contribution in [3.8, 4) is 0 Å². The van der Waals surface area contributed by atoms with Crippen molar-refractivity contribution in [2.75, 3.05) is 0 Å². The number of carbonyl (C=O) groups is 1. The quantitative estimate of drug-likeness (QED) is 0.567. The molecular weight excluding hydrogens is 144 g/mol. The Morgan fingerprint density at radius 3 is 2.73 bits per heavy atom. The number of carbonyl (C=O) groups excluding carboxylic acids is 2. The summed E-state index contributed by atoms with van der Waals surface area (Å²) < 4.78 is 4.95. The van der Waals surface area contributed by atoms with E-state index in [1.165, 1.54) is 0 Å². The summed E-state index contributed by atoms with van der Waals surface area (Å²) in [6.07, 6.45) is 3.59. The summed E-state index contributed by atoms with van der Waals surface area (Å²) >= 11 is 0. The Labute approximate surface area is 65.7 Å². The van der Waals surface area contributed by atoms with Crippen LogP contribution in [0.5, 0.6) is 0 Å². The third-order valence-corrected chi connectivity index (χ3v) is 1.85. The second-order valence-electron chi connectivity index (χ2n) is 2.75. The number of ether oxygens (including phenoxy) is 1. The minimum absolute atomic E-state index is 0.00431. The van der Waals surface area contributed by atoms with Crippen LogP contribution in [0.3, 0.4) is 0 Å². The number of hydrogen-bond acceptors (Lipinski definition) is 3. The van der Waals surface area contributed by atoms with E-state index in [4.69, 9.17) is 4.74 Å². The van der Waals surface area contributed by atoms with Gasteiger partial charge in [-0.1, -0.05) is 6.92 Å². The van der Waals surface area contributed by atoms with Gasteiger partial charge in [-0.15, -0.1) is 0 Å². The monoisotopic (exact) mass is 155 g/mol. The Balaban J connectivity index is 2.13. The summed E-state index contributed by atoms with van der Waals surface area (Å²) in [7, 11) is 0. The van der Waals surface area contributed by atoms with Gasteiger partial charge in [-0.3, -0.25) is 9.59 Å². The van der Waals surface area contributed by atoms with Crippen LogP contribution in [0.1, 0.15) is 26.2 Å². The molecule has 1 aliphatic carbocycles. The first-order valence-corrected chi connectivity index (χ1v) is 3.83. The lowest BCUT2D eigenvalue weighted by molar-refractivity contribution is -0.153. The molecule has 3 heteroatoms. The lowest BCUT2D eigenvalue weighted by Crippen LogP contribution is -2.33. The molecule has 0 spiro atoms. The number of rotatable bonds is 3. The largest absolute Gasteiger partial charge is 0.462 e. The normalized spacial score (nSPS) is 28.8. The van der Waals surface area contributed by atoms with E-state index in [-0.39, 0.29) is 18.0 Å². The highest BCUT2D eigenvalue weighted by atomic mass is 16.5. The standard InChI is InChI=1S/C8H11O3/c1-2-8(10)11-7-3-6(4-7)5-9/h6-7H,2-4H2,1H3. The Bertz CT molecular complexity index is 159. The third kappa shape index (κ3) is 2.03. The minimum atomic E-state index is -0.181. The second-order valence-corrected chi connectivity index (χ2v) is 2.75. The third-order valence-electron chi connectivity index (χ3n) is 1.85. The minimum Gasteiger partial charge on any atom is -0.462 e. The Morgan fingerprint density at radius 2 is 2.27 bits per heavy atom. The molecule has 1 rings (SSSR count). The summed E-state index contributed by atoms with van der Waals surface area (Å²) in [6.45, 7) is 1.75. The van der Waals surface area contributed by atoms with Crippen molar-refractivity contribution in [3.63, 3.8) is 0 Å². The smallest absolute Gasteiger partial charge is 0.305 e. The van der Waals surface area contributed by atoms with Gasteiger partial charge in [0.15, 0.2) is 0 Å². The molecule has 0 aromatic heterocycles. The van der Waals surface area contributed by atoms with Gasteiger partial charge in [0, 0.05) is 12.3 Å². The van der Waals surface area contributed by atoms with Gasteiger partial charge >= 0.3 is 5.97 Å². The number of hydrogen-bond donors (Lipinski definition) is 0. The first kappa shape index (κ1) is 8.24. The molecule has 0 N–H and O–H groups in total. The summed E-state index contributed by atoms with van der Waals surface area (Å²) in [4.78, 5) is 20.7. The highest BCUT2D eigenvalue weighted by Crippen LogP contribution is 2.28. The van der Waals surface area contributed by atoms with E-state index in [9.17, 15) is 9.59 Å². The summed E-state index contributed by atoms with van der Waals surface area (Å²) in [5.74, 6) is -0.177. The molecule has 0 aromatic carbocycles. The van der Waals surface area contributed by atoms with Gasteiger partial charge in [-0.25, -0.2) is 0 Å². The molecule has 0 saturated heterocycles. The van der Waals surface area contributed by atoms with Crippen LogP contribution >= 0.6 is 0 Å². The molecule has 1 aliphatic rings. The molecule has 61 valence electrons. The van der Waals surface area contributed by atoms with E-state index in [0.717, 1.165) is 0 Å². The van der Waals surface area contributed by atoms with Gasteiger partial charge in [0.1, 0.15) is 6.10 Å². The zero-order valence-corrected chi connectivity index (χ0v) is 6.50. The lowest BCUT2D eigenvalue weighted by atomic mass is 9.83. The molecule has 3 nitrogen and oxygen atoms in total. The summed E-state index contributed by atoms with van der Waals surface area (Å²) in [6, 6.07) is 0. The van der Waals surface area contributed by atoms with Crippen molar-refractivity contribution in [2.45, 2.75) is 32.3 Å². The fourth-order valence-corrected chi connectivity index (χ4v) is 1.03. The molecule has 1 radical (unpaired) electrons. The van der Waals surface area contributed by atoms with Crippen molar-refractivity contribution >= 4 is 12.3 Å². The maximum atomic E-state index is 10.7. The van der Waals surface area contributed by atoms with Gasteiger partial charge in [0.25, 0.3) is 0 Å². The van der Waals surface area contributed by atoms with E-state index in [1.54, 1.807) is 6.92 Å². The topological polar surface area (TPSA) is 43.4 Å². The molecule has 0 atom stereocenters. The van der Waals surface area contributed by atoms with Gasteiger partial charge in [0.05, 0.1) is 0 Å². The zero-order valence-electron chi connectivity index (χ0n) is 6.50. The molecule has 11 heavy (non-hydrogen) atoms. The van der Waals surface area contributed by atoms with E-state index < -0.39 is 0 Å². The molecule has 1 saturated carbocycles. The average Bonchev–Trinajstić information content (AvgIpc) is 1.95. The molecule has 0 heterocycles. The fraction of sp³-hybridized carbons (Fsp3) is 0.750. The van der Waals surface area contributed by atoms with Gasteiger partial charge in [-0.2, -0.15) is 0 Å². The van der Waals surface area contributed by atoms with Gasteiger partial charge in [0.2, 0.25) is 6.29 Å². The molecule has 0 unspecified atom stereocenters. The molecule has 0 aliphatic heterocycles. The second kappa shape index (κ2) is 3.51. The predicted octanol–water partition coefficient (Wildman–Crippen LogP) is 0.828. The van der Waals surface area contributed by atoms with Gasteiger partial charge in [-0.05, 0) is 12.8 Å². The SMILES string of the molecule is CCC(=O)OC1CC([C]=O)C1. The first-order valence-electron chi connectivity index (χ1n) is 3.83. The molecule has 0 bridgehead atoms. The maximum Gasteiger partial charge on any atom is 0.305 e. The average molecular weight is 155 g/mol. The molecular formula is C8H11O3. The Hall–Kier alpha value is -0.860. The lowest BCUT2D eigenvalue weighted by Gasteiger charge is -2.30. The van der Waals surface area contributed by atoms with Gasteiger partial charge < -0.3 is 4.74 Å². The highest BCUT2D eigenvalue weighted by Gasteiger charge is 2.31. The van der Waals surface area contributed by atoms with E-state index in [0.29, 0.717) is 19.3 Å². The van der Waals surface area contributed by atoms with Crippen molar-refractivity contribution in [1.82, 2.24) is 0 Å². The van der Waals surface area contributed by atoms with Crippen LogP contribution in [0.15, 0.2) is 0 Å². The summed E-state index contributed by atoms with van der Waals surface area (Å²) in [5.41, 5.74) is 0. The van der Waals surface area contributed by atoms with Crippen LogP contribution in [0, 0.1) is 5.92 Å². The Kier molecular flexibility index (Phi) is 2.63. The maximum absolute atomic E-state index is 10.7. The van der Waals surface area contributed by atoms with Crippen LogP contribution in [-0.4, -0.2) is 18.4 Å². The summed E-state index contributed by atoms with van der Waals surface area (Å²) in [5, 5.41) is 0. The Morgan fingerprint density at radius 1 is 1.64 bits per heavy atom. The fourth-order valence-electron chi connectivity index (χ4n) is 1.03. The molecule has 0 aromatic rings. The first-order chi connectivity index (χ1) is 5.26. The van der Waals surface area contributed by atoms with E-state index in [1.807, 2.05) is 6.29 Å². The highest BCUT2D eigenvalue weighted by molar-refractivity contribution is 5.69. The van der Waals surface area contributed by atoms with Crippen LogP contribution in [-0.2, 0) is 14.3 Å². The molecule has 1 fully saturated rings. The van der Waals surface area contributed by atoms with Crippen LogP contribution in [0.4, 0.5) is 0 Å². The van der Waals surface area contributed by atoms with E-state index in [2.05, 4.69) is 0 Å². The van der Waals surface area contributed by atoms with Crippen molar-refractivity contribution in [2.24, 2.45) is 5.92 Å². The van der Waals surface area contributed by atoms with Crippen molar-refractivity contribution in [1.29, 1.82) is 0 Å². The van der Waals surface area contributed by atoms with Crippen molar-refractivity contribution in [3.05, 3.63) is 0 Å². The number of esters is 1. The van der Waals surface area contributed by atoms with Crippen molar-refractivity contribution < 1.29 is 14.3 Å². The van der Waals surface area contributed by atoms with Crippen LogP contribution < -0.4 is 0 Å². The van der Waals surface area contributed by atoms with Crippen LogP contribution in [0.2, 0.25) is 0 Å². The zero-order chi connectivity index (χ0) is 8.27. The van der Waals surface area contributed by atoms with E-state index >= 15 is 0 Å². The molecule has 0 amide bonds. The predicted molar refractivity (Wildman–Crippen MR) is 38.6 cm³/mol.